The first-order chi connectivity index (χ1) is 7.67. The van der Waals surface area contributed by atoms with Crippen LogP contribution in [0.15, 0.2) is 0 Å². The highest BCUT2D eigenvalue weighted by Crippen LogP contribution is 2.12. The minimum atomic E-state index is -0.299. The number of nitrogens with zero attached hydrogens (tertiary/aromatic N) is 4. The summed E-state index contributed by atoms with van der Waals surface area (Å²) in [6, 6.07) is 0. The normalized spacial score (nSPS) is 13.3. The van der Waals surface area contributed by atoms with Gasteiger partial charge in [0.2, 0.25) is 0 Å². The van der Waals surface area contributed by atoms with Crippen LogP contribution in [0.2, 0.25) is 0 Å². The van der Waals surface area contributed by atoms with Crippen molar-refractivity contribution in [3.8, 4) is 0 Å². The van der Waals surface area contributed by atoms with Gasteiger partial charge in [-0.25, -0.2) is 0 Å². The molecular weight excluding hydrogens is 206 g/mol. The maximum absolute atomic E-state index is 9.87. The van der Waals surface area contributed by atoms with Crippen molar-refractivity contribution in [1.29, 1.82) is 0 Å². The van der Waals surface area contributed by atoms with Crippen molar-refractivity contribution in [3.05, 3.63) is 5.82 Å². The fourth-order valence-electron chi connectivity index (χ4n) is 1.73. The van der Waals surface area contributed by atoms with Crippen LogP contribution < -0.4 is 5.32 Å². The maximum Gasteiger partial charge on any atom is 0.188 e. The number of aliphatic hydroxyl groups is 1. The average molecular weight is 227 g/mol. The van der Waals surface area contributed by atoms with Crippen LogP contribution in [0.1, 0.15) is 32.5 Å². The van der Waals surface area contributed by atoms with Crippen molar-refractivity contribution in [2.24, 2.45) is 13.0 Å². The molecule has 16 heavy (non-hydrogen) atoms. The number of aryl methyl sites for hydroxylation is 1. The standard InChI is InChI=1S/C10H21N5O/c1-4-8(5-2)9(16)6-11-7-10-12-14-15(3)13-10/h8-9,11,16H,4-7H2,1-3H3. The first kappa shape index (κ1) is 13.1. The predicted molar refractivity (Wildman–Crippen MR) is 60.6 cm³/mol. The first-order valence-electron chi connectivity index (χ1n) is 5.79. The quantitative estimate of drug-likeness (QED) is 0.691. The second-order valence-corrected chi connectivity index (χ2v) is 3.97. The van der Waals surface area contributed by atoms with E-state index in [1.54, 1.807) is 7.05 Å². The molecule has 1 aromatic rings. The van der Waals surface area contributed by atoms with Gasteiger partial charge < -0.3 is 10.4 Å². The van der Waals surface area contributed by atoms with Crippen LogP contribution in [-0.4, -0.2) is 38.0 Å². The van der Waals surface area contributed by atoms with E-state index in [-0.39, 0.29) is 6.10 Å². The smallest absolute Gasteiger partial charge is 0.188 e. The summed E-state index contributed by atoms with van der Waals surface area (Å²) in [5.74, 6) is 1.02. The molecule has 0 bridgehead atoms. The molecule has 2 N–H and O–H groups in total. The topological polar surface area (TPSA) is 75.9 Å². The van der Waals surface area contributed by atoms with Gasteiger partial charge in [-0.1, -0.05) is 26.7 Å². The Morgan fingerprint density at radius 3 is 2.56 bits per heavy atom. The monoisotopic (exact) mass is 227 g/mol. The van der Waals surface area contributed by atoms with E-state index in [0.717, 1.165) is 12.8 Å². The summed E-state index contributed by atoms with van der Waals surface area (Å²) < 4.78 is 0. The van der Waals surface area contributed by atoms with Gasteiger partial charge in [-0.2, -0.15) is 4.80 Å². The second kappa shape index (κ2) is 6.55. The van der Waals surface area contributed by atoms with Gasteiger partial charge >= 0.3 is 0 Å². The van der Waals surface area contributed by atoms with Gasteiger partial charge in [0.1, 0.15) is 0 Å². The summed E-state index contributed by atoms with van der Waals surface area (Å²) in [5.41, 5.74) is 0. The Hall–Kier alpha value is -1.01. The zero-order valence-corrected chi connectivity index (χ0v) is 10.2. The summed E-state index contributed by atoms with van der Waals surface area (Å²) in [4.78, 5) is 1.42. The Kier molecular flexibility index (Phi) is 5.34. The molecule has 0 saturated heterocycles. The molecule has 0 saturated carbocycles. The third kappa shape index (κ3) is 3.86. The first-order valence-corrected chi connectivity index (χ1v) is 5.79. The highest BCUT2D eigenvalue weighted by molar-refractivity contribution is 4.77. The number of tetrazole rings is 1. The Balaban J connectivity index is 2.24. The van der Waals surface area contributed by atoms with Crippen molar-refractivity contribution < 1.29 is 5.11 Å². The molecule has 1 unspecified atom stereocenters. The van der Waals surface area contributed by atoms with Gasteiger partial charge in [-0.15, -0.1) is 10.2 Å². The van der Waals surface area contributed by atoms with Crippen LogP contribution >= 0.6 is 0 Å². The Labute approximate surface area is 96.0 Å². The lowest BCUT2D eigenvalue weighted by atomic mass is 9.97. The van der Waals surface area contributed by atoms with Crippen molar-refractivity contribution >= 4 is 0 Å². The van der Waals surface area contributed by atoms with Crippen LogP contribution in [-0.2, 0) is 13.6 Å². The molecule has 0 amide bonds. The summed E-state index contributed by atoms with van der Waals surface area (Å²) in [5, 5.41) is 24.6. The van der Waals surface area contributed by atoms with Crippen molar-refractivity contribution in [3.63, 3.8) is 0 Å². The van der Waals surface area contributed by atoms with Crippen LogP contribution in [0.3, 0.4) is 0 Å². The molecule has 1 rings (SSSR count). The minimum Gasteiger partial charge on any atom is -0.392 e. The number of hydrogen-bond donors (Lipinski definition) is 2. The molecule has 0 radical (unpaired) electrons. The molecule has 1 atom stereocenters. The zero-order valence-electron chi connectivity index (χ0n) is 10.2. The summed E-state index contributed by atoms with van der Waals surface area (Å²) >= 11 is 0. The molecular formula is C10H21N5O. The van der Waals surface area contributed by atoms with E-state index in [2.05, 4.69) is 34.6 Å². The maximum atomic E-state index is 9.87. The number of aromatic nitrogens is 4. The molecule has 92 valence electrons. The van der Waals surface area contributed by atoms with E-state index >= 15 is 0 Å². The van der Waals surface area contributed by atoms with E-state index in [9.17, 15) is 5.11 Å². The van der Waals surface area contributed by atoms with E-state index < -0.39 is 0 Å². The number of aliphatic hydroxyl groups excluding tert-OH is 1. The van der Waals surface area contributed by atoms with Crippen molar-refractivity contribution in [2.75, 3.05) is 6.54 Å². The lowest BCUT2D eigenvalue weighted by molar-refractivity contribution is 0.101. The van der Waals surface area contributed by atoms with Crippen molar-refractivity contribution in [2.45, 2.75) is 39.3 Å². The molecule has 0 spiro atoms. The average Bonchev–Trinajstić information content (AvgIpc) is 2.66. The van der Waals surface area contributed by atoms with E-state index in [1.807, 2.05) is 0 Å². The molecule has 1 aromatic heterocycles. The minimum absolute atomic E-state index is 0.299. The summed E-state index contributed by atoms with van der Waals surface area (Å²) in [6.45, 7) is 5.32. The van der Waals surface area contributed by atoms with Gasteiger partial charge in [-0.05, 0) is 11.1 Å². The highest BCUT2D eigenvalue weighted by atomic mass is 16.3. The van der Waals surface area contributed by atoms with Crippen LogP contribution in [0.25, 0.3) is 0 Å². The molecule has 0 aliphatic heterocycles. The molecule has 0 aliphatic carbocycles. The molecule has 1 heterocycles. The molecule has 0 aromatic carbocycles. The Morgan fingerprint density at radius 1 is 1.38 bits per heavy atom. The molecule has 6 heteroatoms. The summed E-state index contributed by atoms with van der Waals surface area (Å²) in [6.07, 6.45) is 1.71. The highest BCUT2D eigenvalue weighted by Gasteiger charge is 2.14. The fourth-order valence-corrected chi connectivity index (χ4v) is 1.73. The zero-order chi connectivity index (χ0) is 12.0. The van der Waals surface area contributed by atoms with Crippen LogP contribution in [0.4, 0.5) is 0 Å². The van der Waals surface area contributed by atoms with Crippen LogP contribution in [0, 0.1) is 5.92 Å². The Bertz CT molecular complexity index is 297. The van der Waals surface area contributed by atoms with Gasteiger partial charge in [0, 0.05) is 6.54 Å². The second-order valence-electron chi connectivity index (χ2n) is 3.97. The Morgan fingerprint density at radius 2 is 2.06 bits per heavy atom. The van der Waals surface area contributed by atoms with Gasteiger partial charge in [0.15, 0.2) is 5.82 Å². The number of hydrogen-bond acceptors (Lipinski definition) is 5. The van der Waals surface area contributed by atoms with Gasteiger partial charge in [0.25, 0.3) is 0 Å². The van der Waals surface area contributed by atoms with Gasteiger partial charge in [-0.3, -0.25) is 0 Å². The van der Waals surface area contributed by atoms with Gasteiger partial charge in [0.05, 0.1) is 19.7 Å². The van der Waals surface area contributed by atoms with E-state index in [4.69, 9.17) is 0 Å². The van der Waals surface area contributed by atoms with Crippen LogP contribution in [0.5, 0.6) is 0 Å². The predicted octanol–water partition coefficient (Wildman–Crippen LogP) is 0.0968. The SMILES string of the molecule is CCC(CC)C(O)CNCc1nnn(C)n1. The summed E-state index contributed by atoms with van der Waals surface area (Å²) in [7, 11) is 1.73. The molecule has 0 fully saturated rings. The molecule has 0 aliphatic rings. The lowest BCUT2D eigenvalue weighted by Crippen LogP contribution is -2.32. The number of rotatable bonds is 7. The van der Waals surface area contributed by atoms with E-state index in [1.165, 1.54) is 4.80 Å². The molecule has 6 nitrogen and oxygen atoms in total. The largest absolute Gasteiger partial charge is 0.392 e. The van der Waals surface area contributed by atoms with Crippen molar-refractivity contribution in [1.82, 2.24) is 25.5 Å². The van der Waals surface area contributed by atoms with E-state index in [0.29, 0.717) is 24.8 Å². The third-order valence-electron chi connectivity index (χ3n) is 2.78. The lowest BCUT2D eigenvalue weighted by Gasteiger charge is -2.19. The fraction of sp³-hybridized carbons (Fsp3) is 0.900. The third-order valence-corrected chi connectivity index (χ3v) is 2.78. The number of nitrogens with one attached hydrogen (secondary N) is 1.